The number of ether oxygens (including phenoxy) is 2. The molecule has 0 aromatic carbocycles. The van der Waals surface area contributed by atoms with E-state index in [2.05, 4.69) is 9.88 Å². The minimum absolute atomic E-state index is 0.0190. The maximum atomic E-state index is 12.8. The summed E-state index contributed by atoms with van der Waals surface area (Å²) in [5.41, 5.74) is 14.8. The van der Waals surface area contributed by atoms with E-state index in [4.69, 9.17) is 58.1 Å². The third-order valence-corrected chi connectivity index (χ3v) is 7.14. The summed E-state index contributed by atoms with van der Waals surface area (Å²) in [5.74, 6) is 1.91. The smallest absolute Gasteiger partial charge is 0.417 e. The Balaban J connectivity index is 0.000000264. The normalized spacial score (nSPS) is 24.1. The molecule has 2 saturated heterocycles. The van der Waals surface area contributed by atoms with E-state index in [0.717, 1.165) is 42.9 Å². The van der Waals surface area contributed by atoms with Crippen molar-refractivity contribution in [2.75, 3.05) is 26.7 Å². The van der Waals surface area contributed by atoms with E-state index in [1.807, 2.05) is 13.8 Å². The largest absolute Gasteiger partial charge is 0.493 e. The third-order valence-electron chi connectivity index (χ3n) is 7.14. The average Bonchev–Trinajstić information content (AvgIpc) is 3.43. The Labute approximate surface area is 241 Å². The van der Waals surface area contributed by atoms with Crippen molar-refractivity contribution in [3.05, 3.63) is 47.2 Å². The van der Waals surface area contributed by atoms with Crippen LogP contribution in [0.2, 0.25) is 0 Å². The fraction of sp³-hybridized carbons (Fsp3) is 0.654. The minimum Gasteiger partial charge on any atom is -0.493 e. The molecule has 40 heavy (non-hydrogen) atoms. The first-order chi connectivity index (χ1) is 18.6. The van der Waals surface area contributed by atoms with Gasteiger partial charge >= 0.3 is 6.18 Å². The molecule has 2 aliphatic heterocycles. The molecule has 1 saturated carbocycles. The van der Waals surface area contributed by atoms with E-state index < -0.39 is 22.5 Å². The monoisotopic (exact) mass is 553 g/mol. The van der Waals surface area contributed by atoms with Gasteiger partial charge in [0.2, 0.25) is 0 Å². The number of methoxy groups -OCH3 is 1. The first kappa shape index (κ1) is 34.0. The van der Waals surface area contributed by atoms with Crippen molar-refractivity contribution in [3.8, 4) is 0 Å². The molecule has 3 heterocycles. The number of allylic oxidation sites excluding steroid dienone is 1. The minimum atomic E-state index is -4.54. The summed E-state index contributed by atoms with van der Waals surface area (Å²) < 4.78 is 48.5. The summed E-state index contributed by atoms with van der Waals surface area (Å²) in [4.78, 5) is 6.16. The molecule has 1 aromatic heterocycles. The first-order valence-electron chi connectivity index (χ1n) is 13.5. The molecule has 4 rings (SSSR count). The van der Waals surface area contributed by atoms with Crippen LogP contribution < -0.4 is 17.2 Å². The SMILES string of the molecule is CC.COC(/C=C(\N)c1cnccc1C(F)(F)F)=C(N)N.[B]C1([B])CC(CN2CC3CCCC3C2)CC([B])([B])O1. The van der Waals surface area contributed by atoms with Crippen LogP contribution in [-0.4, -0.2) is 78.8 Å². The molecule has 7 nitrogen and oxygen atoms in total. The van der Waals surface area contributed by atoms with Crippen LogP contribution in [0.4, 0.5) is 13.2 Å². The van der Waals surface area contributed by atoms with Crippen LogP contribution >= 0.6 is 0 Å². The van der Waals surface area contributed by atoms with E-state index in [9.17, 15) is 13.2 Å². The molecular weight excluding hydrogens is 515 g/mol. The molecule has 3 aliphatic rings. The number of aromatic nitrogens is 1. The van der Waals surface area contributed by atoms with E-state index >= 15 is 0 Å². The second-order valence-corrected chi connectivity index (χ2v) is 10.5. The Morgan fingerprint density at radius 2 is 1.65 bits per heavy atom. The lowest BCUT2D eigenvalue weighted by Gasteiger charge is -2.48. The number of hydrogen-bond donors (Lipinski definition) is 3. The Hall–Kier alpha value is -2.20. The number of fused-ring (bicyclic) bond motifs is 1. The lowest BCUT2D eigenvalue weighted by Crippen LogP contribution is -2.54. The van der Waals surface area contributed by atoms with Crippen molar-refractivity contribution in [2.45, 2.75) is 62.9 Å². The van der Waals surface area contributed by atoms with Gasteiger partial charge in [0.1, 0.15) is 5.82 Å². The van der Waals surface area contributed by atoms with Gasteiger partial charge in [0.05, 0.1) is 44.1 Å². The molecule has 1 aromatic rings. The Morgan fingerprint density at radius 3 is 2.12 bits per heavy atom. The molecule has 212 valence electrons. The fourth-order valence-electron chi connectivity index (χ4n) is 5.74. The Morgan fingerprint density at radius 1 is 1.10 bits per heavy atom. The van der Waals surface area contributed by atoms with Gasteiger partial charge in [-0.15, -0.1) is 0 Å². The second-order valence-electron chi connectivity index (χ2n) is 10.5. The van der Waals surface area contributed by atoms with Crippen LogP contribution in [0.1, 0.15) is 57.1 Å². The maximum absolute atomic E-state index is 12.8. The van der Waals surface area contributed by atoms with Gasteiger partial charge in [0, 0.05) is 49.4 Å². The molecule has 3 fully saturated rings. The van der Waals surface area contributed by atoms with Crippen molar-refractivity contribution in [2.24, 2.45) is 35.0 Å². The van der Waals surface area contributed by atoms with Crippen LogP contribution in [0.3, 0.4) is 0 Å². The van der Waals surface area contributed by atoms with Gasteiger partial charge in [-0.3, -0.25) is 4.98 Å². The summed E-state index contributed by atoms with van der Waals surface area (Å²) in [6, 6.07) is 0.831. The van der Waals surface area contributed by atoms with Crippen molar-refractivity contribution in [3.63, 3.8) is 0 Å². The zero-order valence-electron chi connectivity index (χ0n) is 23.6. The summed E-state index contributed by atoms with van der Waals surface area (Å²) >= 11 is 0. The van der Waals surface area contributed by atoms with Crippen molar-refractivity contribution in [1.29, 1.82) is 0 Å². The molecule has 1 aliphatic carbocycles. The number of hydrogen-bond acceptors (Lipinski definition) is 7. The molecular formula is C26H38B4F3N5O2. The number of rotatable bonds is 5. The van der Waals surface area contributed by atoms with E-state index in [1.54, 1.807) is 0 Å². The lowest BCUT2D eigenvalue weighted by atomic mass is 9.51. The van der Waals surface area contributed by atoms with Gasteiger partial charge in [-0.05, 0) is 60.3 Å². The van der Waals surface area contributed by atoms with Crippen LogP contribution in [0, 0.1) is 17.8 Å². The van der Waals surface area contributed by atoms with Gasteiger partial charge in [-0.2, -0.15) is 13.2 Å². The number of nitrogens with two attached hydrogens (primary N) is 3. The molecule has 0 amide bonds. The quantitative estimate of drug-likeness (QED) is 0.292. The Bertz CT molecular complexity index is 1010. The van der Waals surface area contributed by atoms with Gasteiger partial charge in [0.15, 0.2) is 5.76 Å². The van der Waals surface area contributed by atoms with Crippen LogP contribution in [0.25, 0.3) is 5.70 Å². The zero-order chi connectivity index (χ0) is 30.3. The molecule has 0 spiro atoms. The second kappa shape index (κ2) is 14.1. The molecule has 0 bridgehead atoms. The number of pyridine rings is 1. The van der Waals surface area contributed by atoms with Crippen LogP contribution in [0.15, 0.2) is 36.1 Å². The Kier molecular flexibility index (Phi) is 12.0. The highest BCUT2D eigenvalue weighted by molar-refractivity contribution is 6.42. The highest BCUT2D eigenvalue weighted by Gasteiger charge is 2.41. The third kappa shape index (κ3) is 9.72. The highest BCUT2D eigenvalue weighted by atomic mass is 19.4. The number of alkyl halides is 3. The molecule has 14 heteroatoms. The topological polar surface area (TPSA) is 113 Å². The van der Waals surface area contributed by atoms with Crippen LogP contribution in [-0.2, 0) is 15.7 Å². The maximum Gasteiger partial charge on any atom is 0.417 e. The van der Waals surface area contributed by atoms with E-state index in [-0.39, 0.29) is 22.8 Å². The summed E-state index contributed by atoms with van der Waals surface area (Å²) in [5, 5.41) is -2.38. The number of likely N-dealkylation sites (tertiary alicyclic amines) is 1. The average molecular weight is 553 g/mol. The predicted molar refractivity (Wildman–Crippen MR) is 155 cm³/mol. The van der Waals surface area contributed by atoms with Gasteiger partial charge in [-0.1, -0.05) is 20.3 Å². The molecule has 2 unspecified atom stereocenters. The van der Waals surface area contributed by atoms with Gasteiger partial charge in [-0.25, -0.2) is 0 Å². The van der Waals surface area contributed by atoms with Crippen molar-refractivity contribution in [1.82, 2.24) is 9.88 Å². The lowest BCUT2D eigenvalue weighted by molar-refractivity contribution is -0.137. The van der Waals surface area contributed by atoms with E-state index in [0.29, 0.717) is 18.8 Å². The van der Waals surface area contributed by atoms with Gasteiger partial charge < -0.3 is 31.6 Å². The summed E-state index contributed by atoms with van der Waals surface area (Å²) in [6.07, 6.45) is 4.05. The van der Waals surface area contributed by atoms with Gasteiger partial charge in [0.25, 0.3) is 0 Å². The molecule has 2 atom stereocenters. The highest BCUT2D eigenvalue weighted by Crippen LogP contribution is 2.40. The summed E-state index contributed by atoms with van der Waals surface area (Å²) in [7, 11) is 24.8. The zero-order valence-corrected chi connectivity index (χ0v) is 23.6. The van der Waals surface area contributed by atoms with Crippen LogP contribution in [0.5, 0.6) is 0 Å². The first-order valence-corrected chi connectivity index (χ1v) is 13.5. The van der Waals surface area contributed by atoms with E-state index in [1.165, 1.54) is 39.5 Å². The summed E-state index contributed by atoms with van der Waals surface area (Å²) in [6.45, 7) is 7.42. The fourth-order valence-corrected chi connectivity index (χ4v) is 5.74. The standard InChI is InChI=1S/C13H19B4NO.C11H13F3N4O.C2H6/c14-12(15)4-9(5-13(16,17)19-12)6-18-7-10-2-1-3-11(10)8-18;1-19-9(10(16)17)4-8(15)6-5-18-3-2-7(6)11(12,13)14;1-2/h9-11H,1-8H2;2-5H,15-17H2,1H3;1-2H3/b;8-4-;. The predicted octanol–water partition coefficient (Wildman–Crippen LogP) is 2.29. The molecule has 8 radical (unpaired) electrons. The number of halogens is 3. The van der Waals surface area contributed by atoms with Crippen molar-refractivity contribution < 1.29 is 22.6 Å². The number of nitrogens with zero attached hydrogens (tertiary/aromatic N) is 2. The molecule has 6 N–H and O–H groups in total. The van der Waals surface area contributed by atoms with Crippen molar-refractivity contribution >= 4 is 37.1 Å².